The molecule has 3 unspecified atom stereocenters. The summed E-state index contributed by atoms with van der Waals surface area (Å²) in [5.74, 6) is 0. The lowest BCUT2D eigenvalue weighted by Gasteiger charge is -2.31. The summed E-state index contributed by atoms with van der Waals surface area (Å²) < 4.78 is 15.2. The second-order valence-electron chi connectivity index (χ2n) is 3.03. The fraction of sp³-hybridized carbons (Fsp3) is 1.00. The highest BCUT2D eigenvalue weighted by molar-refractivity contribution is 9.10. The number of aliphatic hydroxyl groups excluding tert-OH is 1. The largest absolute Gasteiger partial charge is 0.422 e. The van der Waals surface area contributed by atoms with Gasteiger partial charge in [0.15, 0.2) is 0 Å². The van der Waals surface area contributed by atoms with Gasteiger partial charge in [0.2, 0.25) is 0 Å². The highest BCUT2D eigenvalue weighted by Gasteiger charge is 2.38. The van der Waals surface area contributed by atoms with Gasteiger partial charge in [-0.2, -0.15) is 0 Å². The quantitative estimate of drug-likeness (QED) is 0.598. The number of hydrogen-bond donors (Lipinski definition) is 2. The maximum absolute atomic E-state index is 10.7. The van der Waals surface area contributed by atoms with E-state index in [9.17, 15) is 9.67 Å². The monoisotopic (exact) mass is 358 g/mol. The van der Waals surface area contributed by atoms with E-state index in [1.807, 2.05) is 0 Å². The van der Waals surface area contributed by atoms with Crippen molar-refractivity contribution in [2.24, 2.45) is 5.41 Å². The Kier molecular flexibility index (Phi) is 5.44. The highest BCUT2D eigenvalue weighted by atomic mass is 79.9. The Morgan fingerprint density at radius 1 is 1.54 bits per heavy atom. The third-order valence-corrected chi connectivity index (χ3v) is 4.97. The second-order valence-corrected chi connectivity index (χ2v) is 7.12. The summed E-state index contributed by atoms with van der Waals surface area (Å²) in [6.45, 7) is -0.790. The Labute approximate surface area is 98.2 Å². The molecule has 0 spiro atoms. The van der Waals surface area contributed by atoms with E-state index in [0.717, 1.165) is 0 Å². The molecule has 4 nitrogen and oxygen atoms in total. The number of rotatable bonds is 4. The van der Waals surface area contributed by atoms with Gasteiger partial charge in [0, 0.05) is 16.7 Å². The Balaban J connectivity index is 4.43. The molecule has 0 bridgehead atoms. The van der Waals surface area contributed by atoms with Crippen molar-refractivity contribution in [2.45, 2.75) is 23.9 Å². The molecule has 0 aromatic carbocycles. The minimum absolute atomic E-state index is 0.784. The molecule has 0 aliphatic carbocycles. The lowest BCUT2D eigenvalue weighted by atomic mass is 9.96. The van der Waals surface area contributed by atoms with Gasteiger partial charge in [0.25, 0.3) is 0 Å². The summed E-state index contributed by atoms with van der Waals surface area (Å²) in [6.07, 6.45) is 0. The van der Waals surface area contributed by atoms with Crippen LogP contribution in [-0.2, 0) is 9.09 Å². The summed E-state index contributed by atoms with van der Waals surface area (Å²) >= 11 is 10.9. The van der Waals surface area contributed by atoms with Crippen molar-refractivity contribution < 1.29 is 19.1 Å². The molecule has 0 aromatic rings. The fourth-order valence-electron chi connectivity index (χ4n) is 0.358. The summed E-state index contributed by atoms with van der Waals surface area (Å²) in [6, 6.07) is 0. The predicted molar refractivity (Wildman–Crippen MR) is 58.2 cm³/mol. The third kappa shape index (κ3) is 5.11. The first-order chi connectivity index (χ1) is 5.57. The summed E-state index contributed by atoms with van der Waals surface area (Å²) in [7, 11) is 0. The molecule has 0 heterocycles. The molecule has 80 valence electrons. The highest BCUT2D eigenvalue weighted by Crippen LogP contribution is 2.52. The lowest BCUT2D eigenvalue weighted by molar-refractivity contribution is 0.0601. The Morgan fingerprint density at radius 2 is 1.92 bits per heavy atom. The van der Waals surface area contributed by atoms with Crippen LogP contribution in [0.3, 0.4) is 0 Å². The predicted octanol–water partition coefficient (Wildman–Crippen LogP) is 2.80. The van der Waals surface area contributed by atoms with E-state index in [2.05, 4.69) is 36.4 Å². The van der Waals surface area contributed by atoms with Gasteiger partial charge in [-0.25, -0.2) is 4.57 Å². The maximum Gasteiger partial charge on any atom is 0.422 e. The van der Waals surface area contributed by atoms with Crippen molar-refractivity contribution in [3.8, 4) is 0 Å². The maximum atomic E-state index is 10.7. The van der Waals surface area contributed by atoms with Crippen LogP contribution >= 0.6 is 50.0 Å². The Hall–Kier alpha value is 1.36. The molecule has 0 saturated heterocycles. The van der Waals surface area contributed by atoms with Crippen LogP contribution in [0.2, 0.25) is 0 Å². The molecule has 0 fully saturated rings. The Bertz CT molecular complexity index is 217. The van der Waals surface area contributed by atoms with Gasteiger partial charge in [-0.1, -0.05) is 45.7 Å². The van der Waals surface area contributed by atoms with Gasteiger partial charge < -0.3 is 10.00 Å². The molecular weight excluding hydrogens is 350 g/mol. The SMILES string of the molecule is CC(C)(C(O)Br)C(Br)OP(=O)(O)Cl. The summed E-state index contributed by atoms with van der Waals surface area (Å²) in [4.78, 5) is 8.70. The van der Waals surface area contributed by atoms with Gasteiger partial charge in [-0.15, -0.1) is 0 Å². The van der Waals surface area contributed by atoms with Gasteiger partial charge in [0.05, 0.1) is 0 Å². The van der Waals surface area contributed by atoms with Crippen LogP contribution in [0.5, 0.6) is 0 Å². The van der Waals surface area contributed by atoms with Crippen LogP contribution in [0.25, 0.3) is 0 Å². The van der Waals surface area contributed by atoms with E-state index in [0.29, 0.717) is 0 Å². The zero-order valence-corrected chi connectivity index (χ0v) is 11.8. The van der Waals surface area contributed by atoms with Gasteiger partial charge in [-0.05, 0) is 0 Å². The first-order valence-electron chi connectivity index (χ1n) is 3.24. The first kappa shape index (κ1) is 14.4. The van der Waals surface area contributed by atoms with Crippen LogP contribution in [0.1, 0.15) is 13.8 Å². The van der Waals surface area contributed by atoms with Crippen LogP contribution < -0.4 is 0 Å². The average molecular weight is 360 g/mol. The van der Waals surface area contributed by atoms with E-state index in [4.69, 9.17) is 16.1 Å². The van der Waals surface area contributed by atoms with Crippen molar-refractivity contribution in [2.75, 3.05) is 0 Å². The van der Waals surface area contributed by atoms with Gasteiger partial charge in [-0.3, -0.25) is 4.52 Å². The van der Waals surface area contributed by atoms with Crippen LogP contribution in [-0.4, -0.2) is 20.0 Å². The average Bonchev–Trinajstić information content (AvgIpc) is 1.82. The lowest BCUT2D eigenvalue weighted by Crippen LogP contribution is -2.34. The fourth-order valence-corrected chi connectivity index (χ4v) is 2.91. The molecule has 8 heteroatoms. The van der Waals surface area contributed by atoms with Crippen molar-refractivity contribution >= 4 is 50.0 Å². The van der Waals surface area contributed by atoms with E-state index >= 15 is 0 Å². The van der Waals surface area contributed by atoms with Gasteiger partial charge >= 0.3 is 6.95 Å². The zero-order valence-electron chi connectivity index (χ0n) is 6.95. The molecule has 0 aliphatic heterocycles. The first-order valence-corrected chi connectivity index (χ1v) is 7.56. The molecular formula is C5H10Br2ClO4P. The van der Waals surface area contributed by atoms with Crippen molar-refractivity contribution in [1.29, 1.82) is 0 Å². The van der Waals surface area contributed by atoms with E-state index < -0.39 is 22.4 Å². The number of aliphatic hydroxyl groups is 1. The smallest absolute Gasteiger partial charge is 0.381 e. The topological polar surface area (TPSA) is 66.8 Å². The zero-order chi connectivity index (χ0) is 10.9. The minimum atomic E-state index is -4.06. The van der Waals surface area contributed by atoms with Crippen LogP contribution in [0, 0.1) is 5.41 Å². The number of alkyl halides is 2. The van der Waals surface area contributed by atoms with Crippen LogP contribution in [0.4, 0.5) is 0 Å². The molecule has 3 atom stereocenters. The molecule has 13 heavy (non-hydrogen) atoms. The second kappa shape index (κ2) is 4.92. The molecule has 0 aliphatic rings. The molecule has 0 amide bonds. The van der Waals surface area contributed by atoms with Crippen LogP contribution in [0.15, 0.2) is 0 Å². The molecule has 0 saturated carbocycles. The molecule has 2 N–H and O–H groups in total. The molecule has 0 aromatic heterocycles. The van der Waals surface area contributed by atoms with Gasteiger partial charge in [0.1, 0.15) is 10.0 Å². The van der Waals surface area contributed by atoms with Crippen molar-refractivity contribution in [1.82, 2.24) is 0 Å². The molecule has 0 rings (SSSR count). The number of hydrogen-bond acceptors (Lipinski definition) is 3. The normalized spacial score (nSPS) is 22.1. The standard InChI is InChI=1S/C5H10Br2ClO4P/c1-5(2,3(6)9)4(7)12-13(8,10)11/h3-4,9H,1-2H3,(H,10,11). The van der Waals surface area contributed by atoms with E-state index in [-0.39, 0.29) is 0 Å². The minimum Gasteiger partial charge on any atom is -0.381 e. The van der Waals surface area contributed by atoms with E-state index in [1.165, 1.54) is 0 Å². The van der Waals surface area contributed by atoms with E-state index in [1.54, 1.807) is 13.8 Å². The summed E-state index contributed by atoms with van der Waals surface area (Å²) in [5.41, 5.74) is -0.784. The van der Waals surface area contributed by atoms with Crippen molar-refractivity contribution in [3.05, 3.63) is 0 Å². The third-order valence-electron chi connectivity index (χ3n) is 1.42. The van der Waals surface area contributed by atoms with Crippen molar-refractivity contribution in [3.63, 3.8) is 0 Å². The number of halogens is 3. The molecule has 0 radical (unpaired) electrons. The Morgan fingerprint density at radius 3 is 2.15 bits per heavy atom. The summed E-state index contributed by atoms with van der Waals surface area (Å²) in [5, 5.41) is 7.53.